The first-order valence-electron chi connectivity index (χ1n) is 7.26. The fraction of sp³-hybridized carbons (Fsp3) is 0.167. The van der Waals surface area contributed by atoms with Gasteiger partial charge in [-0.25, -0.2) is 8.42 Å². The molecule has 0 saturated carbocycles. The van der Waals surface area contributed by atoms with Crippen LogP contribution in [0.5, 0.6) is 0 Å². The van der Waals surface area contributed by atoms with Crippen LogP contribution in [0, 0.1) is 11.3 Å². The van der Waals surface area contributed by atoms with E-state index in [0.717, 1.165) is 11.1 Å². The number of rotatable bonds is 3. The summed E-state index contributed by atoms with van der Waals surface area (Å²) in [5.41, 5.74) is 2.88. The number of hydrogen-bond acceptors (Lipinski definition) is 3. The molecule has 116 valence electrons. The highest BCUT2D eigenvalue weighted by Crippen LogP contribution is 2.36. The number of allylic oxidation sites excluding steroid dienone is 1. The zero-order valence-corrected chi connectivity index (χ0v) is 13.5. The van der Waals surface area contributed by atoms with Crippen molar-refractivity contribution in [2.45, 2.75) is 18.7 Å². The lowest BCUT2D eigenvalue weighted by atomic mass is 9.97. The minimum Gasteiger partial charge on any atom is -0.253 e. The van der Waals surface area contributed by atoms with Gasteiger partial charge < -0.3 is 0 Å². The maximum atomic E-state index is 12.9. The Morgan fingerprint density at radius 1 is 1.09 bits per heavy atom. The van der Waals surface area contributed by atoms with E-state index in [-0.39, 0.29) is 5.75 Å². The summed E-state index contributed by atoms with van der Waals surface area (Å²) in [6.07, 6.45) is 1.81. The predicted molar refractivity (Wildman–Crippen MR) is 89.4 cm³/mol. The normalized spacial score (nSPS) is 17.1. The van der Waals surface area contributed by atoms with E-state index < -0.39 is 16.1 Å². The van der Waals surface area contributed by atoms with Crippen LogP contribution in [0.25, 0.3) is 6.08 Å². The first-order valence-corrected chi connectivity index (χ1v) is 8.87. The van der Waals surface area contributed by atoms with Gasteiger partial charge in [-0.2, -0.15) is 5.26 Å². The molecule has 0 saturated heterocycles. The third kappa shape index (κ3) is 2.86. The Balaban J connectivity index is 2.04. The maximum Gasteiger partial charge on any atom is 0.240 e. The molecule has 0 bridgehead atoms. The van der Waals surface area contributed by atoms with Gasteiger partial charge in [-0.05, 0) is 29.7 Å². The standard InChI is InChI=1S/C18H16N2O2S/c1-14-11-16-9-5-6-10-17(16)18(12-19)20(14)23(21,22)13-15-7-3-2-4-8-15/h2-11,18H,13H2,1H3. The highest BCUT2D eigenvalue weighted by Gasteiger charge is 2.35. The molecular weight excluding hydrogens is 308 g/mol. The lowest BCUT2D eigenvalue weighted by molar-refractivity contribution is 0.435. The van der Waals surface area contributed by atoms with Gasteiger partial charge in [0, 0.05) is 5.70 Å². The molecule has 1 aliphatic rings. The van der Waals surface area contributed by atoms with Crippen LogP contribution in [0.2, 0.25) is 0 Å². The summed E-state index contributed by atoms with van der Waals surface area (Å²) >= 11 is 0. The summed E-state index contributed by atoms with van der Waals surface area (Å²) in [7, 11) is -3.65. The molecular formula is C18H16N2O2S. The van der Waals surface area contributed by atoms with Gasteiger partial charge in [0.05, 0.1) is 11.8 Å². The first-order chi connectivity index (χ1) is 11.0. The minimum absolute atomic E-state index is 0.126. The van der Waals surface area contributed by atoms with Gasteiger partial charge in [0.1, 0.15) is 0 Å². The third-order valence-corrected chi connectivity index (χ3v) is 5.65. The molecule has 1 heterocycles. The largest absolute Gasteiger partial charge is 0.253 e. The Kier molecular flexibility index (Phi) is 3.93. The molecule has 0 radical (unpaired) electrons. The number of nitrogens with zero attached hydrogens (tertiary/aromatic N) is 2. The highest BCUT2D eigenvalue weighted by molar-refractivity contribution is 7.88. The Bertz CT molecular complexity index is 896. The van der Waals surface area contributed by atoms with Crippen LogP contribution < -0.4 is 0 Å². The topological polar surface area (TPSA) is 61.2 Å². The first kappa shape index (κ1) is 15.3. The van der Waals surface area contributed by atoms with Crippen molar-refractivity contribution in [3.8, 4) is 6.07 Å². The maximum absolute atomic E-state index is 12.9. The minimum atomic E-state index is -3.65. The summed E-state index contributed by atoms with van der Waals surface area (Å²) < 4.78 is 27.0. The molecule has 3 rings (SSSR count). The Labute approximate surface area is 136 Å². The molecule has 1 atom stereocenters. The van der Waals surface area contributed by atoms with E-state index in [9.17, 15) is 13.7 Å². The van der Waals surface area contributed by atoms with Crippen molar-refractivity contribution >= 4 is 16.1 Å². The molecule has 5 heteroatoms. The summed E-state index contributed by atoms with van der Waals surface area (Å²) in [5, 5.41) is 9.57. The smallest absolute Gasteiger partial charge is 0.240 e. The second-order valence-corrected chi connectivity index (χ2v) is 7.33. The molecule has 0 spiro atoms. The Morgan fingerprint density at radius 3 is 2.43 bits per heavy atom. The van der Waals surface area contributed by atoms with Crippen LogP contribution >= 0.6 is 0 Å². The van der Waals surface area contributed by atoms with Crippen LogP contribution in [0.3, 0.4) is 0 Å². The molecule has 1 aliphatic heterocycles. The lowest BCUT2D eigenvalue weighted by Gasteiger charge is -2.33. The highest BCUT2D eigenvalue weighted by atomic mass is 32.2. The van der Waals surface area contributed by atoms with Crippen molar-refractivity contribution in [1.82, 2.24) is 4.31 Å². The summed E-state index contributed by atoms with van der Waals surface area (Å²) in [5.74, 6) is -0.126. The quantitative estimate of drug-likeness (QED) is 0.868. The number of fused-ring (bicyclic) bond motifs is 1. The van der Waals surface area contributed by atoms with Gasteiger partial charge in [-0.15, -0.1) is 0 Å². The Hall–Kier alpha value is -2.58. The SMILES string of the molecule is CC1=Cc2ccccc2C(C#N)N1S(=O)(=O)Cc1ccccc1. The molecule has 4 nitrogen and oxygen atoms in total. The zero-order valence-electron chi connectivity index (χ0n) is 12.7. The predicted octanol–water partition coefficient (Wildman–Crippen LogP) is 3.46. The van der Waals surface area contributed by atoms with Crippen molar-refractivity contribution in [1.29, 1.82) is 5.26 Å². The van der Waals surface area contributed by atoms with E-state index in [1.807, 2.05) is 30.3 Å². The van der Waals surface area contributed by atoms with Crippen molar-refractivity contribution in [2.75, 3.05) is 0 Å². The van der Waals surface area contributed by atoms with Crippen LogP contribution in [-0.2, 0) is 15.8 Å². The average Bonchev–Trinajstić information content (AvgIpc) is 2.53. The van der Waals surface area contributed by atoms with Gasteiger partial charge >= 0.3 is 0 Å². The monoisotopic (exact) mass is 324 g/mol. The van der Waals surface area contributed by atoms with E-state index in [1.54, 1.807) is 37.3 Å². The van der Waals surface area contributed by atoms with Gasteiger partial charge in [0.15, 0.2) is 6.04 Å². The van der Waals surface area contributed by atoms with Gasteiger partial charge in [-0.1, -0.05) is 54.6 Å². The molecule has 2 aromatic carbocycles. The van der Waals surface area contributed by atoms with E-state index in [1.165, 1.54) is 4.31 Å². The van der Waals surface area contributed by atoms with E-state index in [4.69, 9.17) is 0 Å². The van der Waals surface area contributed by atoms with Crippen LogP contribution in [0.4, 0.5) is 0 Å². The number of nitriles is 1. The van der Waals surface area contributed by atoms with Crippen molar-refractivity contribution in [3.63, 3.8) is 0 Å². The fourth-order valence-electron chi connectivity index (χ4n) is 2.87. The van der Waals surface area contributed by atoms with E-state index >= 15 is 0 Å². The van der Waals surface area contributed by atoms with Gasteiger partial charge in [-0.3, -0.25) is 4.31 Å². The van der Waals surface area contributed by atoms with Gasteiger partial charge in [0.25, 0.3) is 0 Å². The number of sulfonamides is 1. The third-order valence-electron chi connectivity index (χ3n) is 3.85. The van der Waals surface area contributed by atoms with Crippen molar-refractivity contribution in [3.05, 3.63) is 77.0 Å². The molecule has 0 amide bonds. The Morgan fingerprint density at radius 2 is 1.74 bits per heavy atom. The molecule has 0 aromatic heterocycles. The molecule has 1 unspecified atom stereocenters. The van der Waals surface area contributed by atoms with Gasteiger partial charge in [0.2, 0.25) is 10.0 Å². The van der Waals surface area contributed by atoms with Crippen molar-refractivity contribution in [2.24, 2.45) is 0 Å². The van der Waals surface area contributed by atoms with Crippen LogP contribution in [0.15, 0.2) is 60.3 Å². The fourth-order valence-corrected chi connectivity index (χ4v) is 4.59. The van der Waals surface area contributed by atoms with Crippen LogP contribution in [-0.4, -0.2) is 12.7 Å². The molecule has 0 fully saturated rings. The summed E-state index contributed by atoms with van der Waals surface area (Å²) in [6, 6.07) is 17.7. The number of hydrogen-bond donors (Lipinski definition) is 0. The summed E-state index contributed by atoms with van der Waals surface area (Å²) in [4.78, 5) is 0. The molecule has 2 aromatic rings. The second kappa shape index (κ2) is 5.90. The lowest BCUT2D eigenvalue weighted by Crippen LogP contribution is -2.35. The average molecular weight is 324 g/mol. The van der Waals surface area contributed by atoms with Crippen LogP contribution in [0.1, 0.15) is 29.7 Å². The molecule has 0 N–H and O–H groups in total. The van der Waals surface area contributed by atoms with E-state index in [2.05, 4.69) is 6.07 Å². The zero-order chi connectivity index (χ0) is 16.4. The second-order valence-electron chi connectivity index (χ2n) is 5.48. The molecule has 23 heavy (non-hydrogen) atoms. The van der Waals surface area contributed by atoms with E-state index in [0.29, 0.717) is 11.3 Å². The molecule has 0 aliphatic carbocycles. The number of benzene rings is 2. The summed E-state index contributed by atoms with van der Waals surface area (Å²) in [6.45, 7) is 1.73. The van der Waals surface area contributed by atoms with Crippen molar-refractivity contribution < 1.29 is 8.42 Å².